The molecule has 0 saturated carbocycles. The average molecular weight is 145 g/mol. The van der Waals surface area contributed by atoms with Gasteiger partial charge in [-0.1, -0.05) is 6.08 Å². The van der Waals surface area contributed by atoms with Crippen LogP contribution < -0.4 is 5.32 Å². The second-order valence-electron chi connectivity index (χ2n) is 1.92. The maximum absolute atomic E-state index is 4.10. The molecule has 54 valence electrons. The normalized spacial score (nSPS) is 9.44. The number of rotatable bonds is 6. The second kappa shape index (κ2) is 8.05. The van der Waals surface area contributed by atoms with Gasteiger partial charge in [0, 0.05) is 6.54 Å². The van der Waals surface area contributed by atoms with Gasteiger partial charge in [-0.2, -0.15) is 12.6 Å². The topological polar surface area (TPSA) is 12.0 Å². The molecule has 0 heterocycles. The molecular weight excluding hydrogens is 130 g/mol. The summed E-state index contributed by atoms with van der Waals surface area (Å²) in [6.07, 6.45) is 4.30. The van der Waals surface area contributed by atoms with Crippen LogP contribution in [-0.2, 0) is 0 Å². The SMILES string of the molecule is C=CCNCCCCS. The van der Waals surface area contributed by atoms with Gasteiger partial charge < -0.3 is 5.32 Å². The third-order valence-electron chi connectivity index (χ3n) is 1.05. The van der Waals surface area contributed by atoms with Crippen molar-refractivity contribution in [2.45, 2.75) is 12.8 Å². The number of unbranched alkanes of at least 4 members (excludes halogenated alkanes) is 1. The number of nitrogens with one attached hydrogen (secondary N) is 1. The van der Waals surface area contributed by atoms with Crippen molar-refractivity contribution in [2.75, 3.05) is 18.8 Å². The maximum atomic E-state index is 4.10. The molecule has 0 spiro atoms. The average Bonchev–Trinajstić information content (AvgIpc) is 1.89. The van der Waals surface area contributed by atoms with Crippen molar-refractivity contribution in [2.24, 2.45) is 0 Å². The van der Waals surface area contributed by atoms with E-state index in [0.29, 0.717) is 0 Å². The van der Waals surface area contributed by atoms with Crippen LogP contribution in [-0.4, -0.2) is 18.8 Å². The van der Waals surface area contributed by atoms with Crippen LogP contribution in [0.25, 0.3) is 0 Å². The lowest BCUT2D eigenvalue weighted by molar-refractivity contribution is 0.685. The Labute approximate surface area is 62.9 Å². The summed E-state index contributed by atoms with van der Waals surface area (Å²) in [7, 11) is 0. The fourth-order valence-corrected chi connectivity index (χ4v) is 0.790. The Balaban J connectivity index is 2.66. The molecule has 0 atom stereocenters. The third kappa shape index (κ3) is 8.05. The Kier molecular flexibility index (Phi) is 8.09. The van der Waals surface area contributed by atoms with Crippen molar-refractivity contribution in [3.05, 3.63) is 12.7 Å². The van der Waals surface area contributed by atoms with E-state index in [4.69, 9.17) is 0 Å². The second-order valence-corrected chi connectivity index (χ2v) is 2.37. The number of thiol groups is 1. The van der Waals surface area contributed by atoms with Gasteiger partial charge in [-0.05, 0) is 25.1 Å². The van der Waals surface area contributed by atoms with Gasteiger partial charge in [0.05, 0.1) is 0 Å². The molecule has 0 fully saturated rings. The molecule has 0 aliphatic carbocycles. The summed E-state index contributed by atoms with van der Waals surface area (Å²) in [6.45, 7) is 5.61. The van der Waals surface area contributed by atoms with Crippen LogP contribution >= 0.6 is 12.6 Å². The Morgan fingerprint density at radius 3 is 2.78 bits per heavy atom. The van der Waals surface area contributed by atoms with Crippen LogP contribution in [0.1, 0.15) is 12.8 Å². The van der Waals surface area contributed by atoms with E-state index in [1.165, 1.54) is 12.8 Å². The molecule has 2 heteroatoms. The number of hydrogen-bond acceptors (Lipinski definition) is 2. The third-order valence-corrected chi connectivity index (χ3v) is 1.37. The molecule has 0 aliphatic heterocycles. The van der Waals surface area contributed by atoms with Crippen molar-refractivity contribution in [1.82, 2.24) is 5.32 Å². The minimum Gasteiger partial charge on any atom is -0.313 e. The molecule has 9 heavy (non-hydrogen) atoms. The zero-order valence-corrected chi connectivity index (χ0v) is 6.66. The highest BCUT2D eigenvalue weighted by Crippen LogP contribution is 1.87. The number of hydrogen-bond donors (Lipinski definition) is 2. The maximum Gasteiger partial charge on any atom is 0.0132 e. The summed E-state index contributed by atoms with van der Waals surface area (Å²) in [6, 6.07) is 0. The summed E-state index contributed by atoms with van der Waals surface area (Å²) < 4.78 is 0. The fourth-order valence-electron chi connectivity index (χ4n) is 0.566. The largest absolute Gasteiger partial charge is 0.313 e. The molecule has 0 rings (SSSR count). The van der Waals surface area contributed by atoms with E-state index in [1.807, 2.05) is 6.08 Å². The Morgan fingerprint density at radius 2 is 2.22 bits per heavy atom. The zero-order valence-electron chi connectivity index (χ0n) is 5.77. The lowest BCUT2D eigenvalue weighted by Crippen LogP contribution is -2.14. The first-order chi connectivity index (χ1) is 4.41. The zero-order chi connectivity index (χ0) is 6.95. The molecule has 0 bridgehead atoms. The quantitative estimate of drug-likeness (QED) is 0.328. The van der Waals surface area contributed by atoms with Crippen LogP contribution in [0.15, 0.2) is 12.7 Å². The standard InChI is InChI=1S/C7H15NS/c1-2-5-8-6-3-4-7-9/h2,8-9H,1,3-7H2. The van der Waals surface area contributed by atoms with Gasteiger partial charge >= 0.3 is 0 Å². The van der Waals surface area contributed by atoms with Crippen LogP contribution in [0.3, 0.4) is 0 Å². The Morgan fingerprint density at radius 1 is 1.44 bits per heavy atom. The fraction of sp³-hybridized carbons (Fsp3) is 0.714. The molecule has 1 N–H and O–H groups in total. The van der Waals surface area contributed by atoms with Crippen LogP contribution in [0.4, 0.5) is 0 Å². The van der Waals surface area contributed by atoms with E-state index in [2.05, 4.69) is 24.5 Å². The Hall–Kier alpha value is 0.0500. The van der Waals surface area contributed by atoms with Crippen molar-refractivity contribution in [3.63, 3.8) is 0 Å². The monoisotopic (exact) mass is 145 g/mol. The van der Waals surface area contributed by atoms with E-state index in [1.54, 1.807) is 0 Å². The Bertz CT molecular complexity index is 63.9. The highest BCUT2D eigenvalue weighted by Gasteiger charge is 1.82. The predicted molar refractivity (Wildman–Crippen MR) is 46.2 cm³/mol. The van der Waals surface area contributed by atoms with E-state index < -0.39 is 0 Å². The molecule has 0 aromatic carbocycles. The predicted octanol–water partition coefficient (Wildman–Crippen LogP) is 1.47. The summed E-state index contributed by atoms with van der Waals surface area (Å²) in [5, 5.41) is 3.22. The molecule has 1 nitrogen and oxygen atoms in total. The van der Waals surface area contributed by atoms with E-state index in [-0.39, 0.29) is 0 Å². The molecule has 0 saturated heterocycles. The van der Waals surface area contributed by atoms with Crippen LogP contribution in [0.5, 0.6) is 0 Å². The van der Waals surface area contributed by atoms with Gasteiger partial charge in [0.1, 0.15) is 0 Å². The van der Waals surface area contributed by atoms with Gasteiger partial charge in [0.2, 0.25) is 0 Å². The summed E-state index contributed by atoms with van der Waals surface area (Å²) in [4.78, 5) is 0. The van der Waals surface area contributed by atoms with E-state index in [9.17, 15) is 0 Å². The molecule has 0 aromatic rings. The lowest BCUT2D eigenvalue weighted by atomic mass is 10.3. The highest BCUT2D eigenvalue weighted by atomic mass is 32.1. The van der Waals surface area contributed by atoms with E-state index in [0.717, 1.165) is 18.8 Å². The first-order valence-electron chi connectivity index (χ1n) is 3.34. The lowest BCUT2D eigenvalue weighted by Gasteiger charge is -1.97. The van der Waals surface area contributed by atoms with Gasteiger partial charge in [0.15, 0.2) is 0 Å². The van der Waals surface area contributed by atoms with Crippen molar-refractivity contribution in [3.8, 4) is 0 Å². The minimum absolute atomic E-state index is 0.923. The first-order valence-corrected chi connectivity index (χ1v) is 3.97. The van der Waals surface area contributed by atoms with Gasteiger partial charge in [-0.3, -0.25) is 0 Å². The van der Waals surface area contributed by atoms with E-state index >= 15 is 0 Å². The highest BCUT2D eigenvalue weighted by molar-refractivity contribution is 7.80. The minimum atomic E-state index is 0.923. The molecule has 0 unspecified atom stereocenters. The van der Waals surface area contributed by atoms with Crippen LogP contribution in [0.2, 0.25) is 0 Å². The van der Waals surface area contributed by atoms with Gasteiger partial charge in [-0.25, -0.2) is 0 Å². The molecule has 0 aromatic heterocycles. The molecule has 0 aliphatic rings. The van der Waals surface area contributed by atoms with Crippen LogP contribution in [0, 0.1) is 0 Å². The summed E-state index contributed by atoms with van der Waals surface area (Å²) in [5.74, 6) is 0.996. The van der Waals surface area contributed by atoms with Gasteiger partial charge in [-0.15, -0.1) is 6.58 Å². The summed E-state index contributed by atoms with van der Waals surface area (Å²) >= 11 is 4.10. The van der Waals surface area contributed by atoms with Crippen molar-refractivity contribution >= 4 is 12.6 Å². The summed E-state index contributed by atoms with van der Waals surface area (Å²) in [5.41, 5.74) is 0. The molecular formula is C7H15NS. The first kappa shape index (κ1) is 9.05. The van der Waals surface area contributed by atoms with Gasteiger partial charge in [0.25, 0.3) is 0 Å². The molecule has 0 radical (unpaired) electrons. The van der Waals surface area contributed by atoms with Crippen molar-refractivity contribution < 1.29 is 0 Å². The van der Waals surface area contributed by atoms with Crippen molar-refractivity contribution in [1.29, 1.82) is 0 Å². The molecule has 0 amide bonds. The smallest absolute Gasteiger partial charge is 0.0132 e.